The second kappa shape index (κ2) is 9.61. The normalized spacial score (nSPS) is 15.6. The first-order chi connectivity index (χ1) is 13.6. The van der Waals surface area contributed by atoms with E-state index in [1.54, 1.807) is 13.1 Å². The summed E-state index contributed by atoms with van der Waals surface area (Å²) in [5, 5.41) is 15.1. The van der Waals surface area contributed by atoms with Crippen LogP contribution in [0.25, 0.3) is 0 Å². The van der Waals surface area contributed by atoms with E-state index in [4.69, 9.17) is 0 Å². The minimum atomic E-state index is -0.846. The second-order valence-electron chi connectivity index (χ2n) is 7.14. The molecular formula is C20H28F2N6. The lowest BCUT2D eigenvalue weighted by atomic mass is 10.1. The third-order valence-corrected chi connectivity index (χ3v) is 5.08. The highest BCUT2D eigenvalue weighted by Crippen LogP contribution is 2.16. The van der Waals surface area contributed by atoms with Gasteiger partial charge in [-0.15, -0.1) is 10.2 Å². The lowest BCUT2D eigenvalue weighted by Crippen LogP contribution is -2.39. The SMILES string of the molecule is CN=C(NCCCc1nnc2n1CCCCC2)NC(C)c1ccc(F)c(F)c1. The maximum Gasteiger partial charge on any atom is 0.191 e. The quantitative estimate of drug-likeness (QED) is 0.452. The number of rotatable bonds is 6. The predicted molar refractivity (Wildman–Crippen MR) is 105 cm³/mol. The Balaban J connectivity index is 1.47. The van der Waals surface area contributed by atoms with Crippen molar-refractivity contribution in [1.29, 1.82) is 0 Å². The fourth-order valence-electron chi connectivity index (χ4n) is 3.45. The molecule has 6 nitrogen and oxygen atoms in total. The Hall–Kier alpha value is -2.51. The van der Waals surface area contributed by atoms with Crippen LogP contribution in [0.1, 0.15) is 55.9 Å². The molecular weight excluding hydrogens is 362 g/mol. The Labute approximate surface area is 164 Å². The molecule has 0 spiro atoms. The largest absolute Gasteiger partial charge is 0.356 e. The standard InChI is InChI=1S/C20H28F2N6/c1-14(15-9-10-16(21)17(22)13-15)25-20(23-2)24-11-6-8-19-27-26-18-7-4-3-5-12-28(18)19/h9-10,13-14H,3-8,11-12H2,1-2H3,(H2,23,24,25). The van der Waals surface area contributed by atoms with Gasteiger partial charge in [0.15, 0.2) is 17.6 Å². The summed E-state index contributed by atoms with van der Waals surface area (Å²) < 4.78 is 28.8. The smallest absolute Gasteiger partial charge is 0.191 e. The summed E-state index contributed by atoms with van der Waals surface area (Å²) >= 11 is 0. The number of fused-ring (bicyclic) bond motifs is 1. The third kappa shape index (κ3) is 5.05. The summed E-state index contributed by atoms with van der Waals surface area (Å²) in [5.74, 6) is 1.10. The Morgan fingerprint density at radius 1 is 1.21 bits per heavy atom. The number of benzene rings is 1. The van der Waals surface area contributed by atoms with Crippen LogP contribution in [0.5, 0.6) is 0 Å². The van der Waals surface area contributed by atoms with Crippen LogP contribution in [-0.4, -0.2) is 34.3 Å². The lowest BCUT2D eigenvalue weighted by molar-refractivity contribution is 0.504. The van der Waals surface area contributed by atoms with Gasteiger partial charge in [-0.05, 0) is 43.9 Å². The first-order valence-corrected chi connectivity index (χ1v) is 9.91. The minimum absolute atomic E-state index is 0.200. The van der Waals surface area contributed by atoms with Crippen molar-refractivity contribution in [1.82, 2.24) is 25.4 Å². The highest BCUT2D eigenvalue weighted by atomic mass is 19.2. The van der Waals surface area contributed by atoms with E-state index in [0.717, 1.165) is 50.1 Å². The van der Waals surface area contributed by atoms with Gasteiger partial charge in [0.25, 0.3) is 0 Å². The van der Waals surface area contributed by atoms with Crippen LogP contribution in [0.3, 0.4) is 0 Å². The van der Waals surface area contributed by atoms with E-state index in [-0.39, 0.29) is 6.04 Å². The van der Waals surface area contributed by atoms with Crippen molar-refractivity contribution in [2.75, 3.05) is 13.6 Å². The maximum absolute atomic E-state index is 13.4. The molecule has 3 rings (SSSR count). The molecule has 0 radical (unpaired) electrons. The van der Waals surface area contributed by atoms with Gasteiger partial charge < -0.3 is 15.2 Å². The summed E-state index contributed by atoms with van der Waals surface area (Å²) in [6.45, 7) is 3.62. The second-order valence-corrected chi connectivity index (χ2v) is 7.14. The Kier molecular flexibility index (Phi) is 6.95. The van der Waals surface area contributed by atoms with Crippen LogP contribution >= 0.6 is 0 Å². The van der Waals surface area contributed by atoms with E-state index in [0.29, 0.717) is 11.5 Å². The van der Waals surface area contributed by atoms with Gasteiger partial charge in [-0.3, -0.25) is 4.99 Å². The zero-order chi connectivity index (χ0) is 19.9. The van der Waals surface area contributed by atoms with Crippen molar-refractivity contribution >= 4 is 5.96 Å². The zero-order valence-electron chi connectivity index (χ0n) is 16.5. The van der Waals surface area contributed by atoms with Gasteiger partial charge in [0.05, 0.1) is 6.04 Å². The van der Waals surface area contributed by atoms with Crippen molar-refractivity contribution in [3.05, 3.63) is 47.0 Å². The predicted octanol–water partition coefficient (Wildman–Crippen LogP) is 3.14. The lowest BCUT2D eigenvalue weighted by Gasteiger charge is -2.18. The highest BCUT2D eigenvalue weighted by Gasteiger charge is 2.14. The summed E-state index contributed by atoms with van der Waals surface area (Å²) in [6.07, 6.45) is 6.41. The Bertz CT molecular complexity index is 817. The molecule has 2 N–H and O–H groups in total. The monoisotopic (exact) mass is 390 g/mol. The van der Waals surface area contributed by atoms with Crippen LogP contribution in [-0.2, 0) is 19.4 Å². The summed E-state index contributed by atoms with van der Waals surface area (Å²) in [5.41, 5.74) is 0.660. The summed E-state index contributed by atoms with van der Waals surface area (Å²) in [4.78, 5) is 4.20. The van der Waals surface area contributed by atoms with Crippen molar-refractivity contribution in [3.63, 3.8) is 0 Å². The average molecular weight is 390 g/mol. The van der Waals surface area contributed by atoms with Crippen molar-refractivity contribution < 1.29 is 8.78 Å². The van der Waals surface area contributed by atoms with Gasteiger partial charge in [0.1, 0.15) is 11.6 Å². The minimum Gasteiger partial charge on any atom is -0.356 e. The van der Waals surface area contributed by atoms with Gasteiger partial charge in [-0.2, -0.15) is 0 Å². The van der Waals surface area contributed by atoms with Crippen LogP contribution in [0.15, 0.2) is 23.2 Å². The molecule has 0 aliphatic carbocycles. The Morgan fingerprint density at radius 3 is 2.86 bits per heavy atom. The molecule has 2 heterocycles. The first-order valence-electron chi connectivity index (χ1n) is 9.91. The molecule has 1 aliphatic heterocycles. The van der Waals surface area contributed by atoms with Crippen LogP contribution in [0.4, 0.5) is 8.78 Å². The number of guanidine groups is 1. The number of nitrogens with one attached hydrogen (secondary N) is 2. The third-order valence-electron chi connectivity index (χ3n) is 5.08. The number of aliphatic imine (C=N–C) groups is 1. The fourth-order valence-corrected chi connectivity index (χ4v) is 3.45. The Morgan fingerprint density at radius 2 is 2.07 bits per heavy atom. The number of hydrogen-bond donors (Lipinski definition) is 2. The van der Waals surface area contributed by atoms with Crippen molar-refractivity contribution in [2.24, 2.45) is 4.99 Å². The number of aromatic nitrogens is 3. The zero-order valence-corrected chi connectivity index (χ0v) is 16.5. The maximum atomic E-state index is 13.4. The van der Waals surface area contributed by atoms with Gasteiger partial charge in [0, 0.05) is 33.0 Å². The molecule has 152 valence electrons. The van der Waals surface area contributed by atoms with Gasteiger partial charge in [-0.25, -0.2) is 8.78 Å². The molecule has 1 aromatic heterocycles. The molecule has 2 aromatic rings. The molecule has 1 aliphatic rings. The van der Waals surface area contributed by atoms with Gasteiger partial charge in [0.2, 0.25) is 0 Å². The highest BCUT2D eigenvalue weighted by molar-refractivity contribution is 5.80. The van der Waals surface area contributed by atoms with E-state index < -0.39 is 11.6 Å². The topological polar surface area (TPSA) is 67.1 Å². The molecule has 0 saturated carbocycles. The first kappa shape index (κ1) is 20.2. The molecule has 1 unspecified atom stereocenters. The van der Waals surface area contributed by atoms with E-state index in [1.807, 2.05) is 6.92 Å². The molecule has 1 aromatic carbocycles. The van der Waals surface area contributed by atoms with E-state index in [9.17, 15) is 8.78 Å². The number of nitrogens with zero attached hydrogens (tertiary/aromatic N) is 4. The molecule has 28 heavy (non-hydrogen) atoms. The van der Waals surface area contributed by atoms with Crippen LogP contribution < -0.4 is 10.6 Å². The summed E-state index contributed by atoms with van der Waals surface area (Å²) in [7, 11) is 1.69. The van der Waals surface area contributed by atoms with Crippen LogP contribution in [0.2, 0.25) is 0 Å². The van der Waals surface area contributed by atoms with Crippen LogP contribution in [0, 0.1) is 11.6 Å². The number of aryl methyl sites for hydroxylation is 2. The van der Waals surface area contributed by atoms with Crippen molar-refractivity contribution in [2.45, 2.75) is 58.0 Å². The molecule has 1 atom stereocenters. The molecule has 0 saturated heterocycles. The molecule has 0 amide bonds. The van der Waals surface area contributed by atoms with Crippen molar-refractivity contribution in [3.8, 4) is 0 Å². The van der Waals surface area contributed by atoms with E-state index >= 15 is 0 Å². The summed E-state index contributed by atoms with van der Waals surface area (Å²) in [6, 6.07) is 3.71. The van der Waals surface area contributed by atoms with Gasteiger partial charge >= 0.3 is 0 Å². The average Bonchev–Trinajstić information content (AvgIpc) is 2.92. The fraction of sp³-hybridized carbons (Fsp3) is 0.550. The van der Waals surface area contributed by atoms with Gasteiger partial charge in [-0.1, -0.05) is 12.5 Å². The number of halogens is 2. The number of hydrogen-bond acceptors (Lipinski definition) is 3. The van der Waals surface area contributed by atoms with E-state index in [2.05, 4.69) is 30.4 Å². The molecule has 0 fully saturated rings. The van der Waals surface area contributed by atoms with E-state index in [1.165, 1.54) is 25.3 Å². The molecule has 8 heteroatoms. The molecule has 0 bridgehead atoms.